The topological polar surface area (TPSA) is 42.7 Å². The second-order valence-electron chi connectivity index (χ2n) is 5.99. The molecule has 3 aromatic carbocycles. The van der Waals surface area contributed by atoms with Crippen molar-refractivity contribution < 1.29 is 0 Å². The van der Waals surface area contributed by atoms with E-state index in [2.05, 4.69) is 46.8 Å². The molecular formula is C20H17ClN4. The zero-order chi connectivity index (χ0) is 17.2. The molecule has 0 saturated heterocycles. The molecule has 0 aliphatic rings. The summed E-state index contributed by atoms with van der Waals surface area (Å²) in [6.07, 6.45) is -0.214. The van der Waals surface area contributed by atoms with Gasteiger partial charge in [-0.1, -0.05) is 58.8 Å². The van der Waals surface area contributed by atoms with Gasteiger partial charge in [0.15, 0.2) is 0 Å². The van der Waals surface area contributed by atoms with Crippen LogP contribution in [-0.4, -0.2) is 15.0 Å². The van der Waals surface area contributed by atoms with Crippen molar-refractivity contribution in [2.45, 2.75) is 13.1 Å². The Balaban J connectivity index is 1.82. The van der Waals surface area contributed by atoms with Crippen molar-refractivity contribution >= 4 is 28.3 Å². The number of halogens is 1. The average molecular weight is 349 g/mol. The molecule has 0 radical (unpaired) electrons. The molecule has 0 aliphatic heterocycles. The highest BCUT2D eigenvalue weighted by Gasteiger charge is 2.18. The van der Waals surface area contributed by atoms with Crippen molar-refractivity contribution in [1.29, 1.82) is 0 Å². The fraction of sp³-hybridized carbons (Fsp3) is 0.100. The van der Waals surface area contributed by atoms with Crippen LogP contribution in [0.2, 0.25) is 5.02 Å². The minimum atomic E-state index is -0.214. The Kier molecular flexibility index (Phi) is 4.12. The SMILES string of the molecule is Cc1ccc(NC(c2cccc(Cl)c2)n2nnc3ccccc32)cc1. The zero-order valence-electron chi connectivity index (χ0n) is 13.7. The molecule has 1 heterocycles. The molecule has 4 aromatic rings. The van der Waals surface area contributed by atoms with Gasteiger partial charge in [0.25, 0.3) is 0 Å². The van der Waals surface area contributed by atoms with Gasteiger partial charge in [-0.05, 0) is 48.9 Å². The fourth-order valence-corrected chi connectivity index (χ4v) is 3.05. The van der Waals surface area contributed by atoms with Gasteiger partial charge in [-0.15, -0.1) is 5.10 Å². The molecule has 1 N–H and O–H groups in total. The number of rotatable bonds is 4. The van der Waals surface area contributed by atoms with E-state index in [1.165, 1.54) is 5.56 Å². The predicted octanol–water partition coefficient (Wildman–Crippen LogP) is 5.05. The summed E-state index contributed by atoms with van der Waals surface area (Å²) in [7, 11) is 0. The Hall–Kier alpha value is -2.85. The second-order valence-corrected chi connectivity index (χ2v) is 6.43. The average Bonchev–Trinajstić information content (AvgIpc) is 3.05. The molecule has 4 nitrogen and oxygen atoms in total. The van der Waals surface area contributed by atoms with E-state index in [0.29, 0.717) is 5.02 Å². The molecular weight excluding hydrogens is 332 g/mol. The zero-order valence-corrected chi connectivity index (χ0v) is 14.5. The number of fused-ring (bicyclic) bond motifs is 1. The number of anilines is 1. The van der Waals surface area contributed by atoms with Crippen LogP contribution in [0.15, 0.2) is 72.8 Å². The van der Waals surface area contributed by atoms with Gasteiger partial charge in [0.05, 0.1) is 5.52 Å². The Morgan fingerprint density at radius 1 is 0.960 bits per heavy atom. The first-order chi connectivity index (χ1) is 12.2. The standard InChI is InChI=1S/C20H17ClN4/c1-14-9-11-17(12-10-14)22-20(15-5-4-6-16(21)13-15)25-19-8-3-2-7-18(19)23-24-25/h2-13,20,22H,1H3. The fourth-order valence-electron chi connectivity index (χ4n) is 2.85. The highest BCUT2D eigenvalue weighted by molar-refractivity contribution is 6.30. The van der Waals surface area contributed by atoms with Crippen LogP contribution in [0, 0.1) is 6.92 Å². The first kappa shape index (κ1) is 15.7. The van der Waals surface area contributed by atoms with Crippen LogP contribution < -0.4 is 5.32 Å². The van der Waals surface area contributed by atoms with Gasteiger partial charge in [-0.3, -0.25) is 0 Å². The molecule has 1 aromatic heterocycles. The van der Waals surface area contributed by atoms with Crippen LogP contribution in [0.3, 0.4) is 0 Å². The maximum atomic E-state index is 6.22. The third kappa shape index (κ3) is 3.21. The van der Waals surface area contributed by atoms with E-state index >= 15 is 0 Å². The number of aromatic nitrogens is 3. The summed E-state index contributed by atoms with van der Waals surface area (Å²) < 4.78 is 1.89. The molecule has 4 rings (SSSR count). The van der Waals surface area contributed by atoms with Gasteiger partial charge in [0.1, 0.15) is 11.7 Å². The first-order valence-corrected chi connectivity index (χ1v) is 8.47. The number of hydrogen-bond donors (Lipinski definition) is 1. The smallest absolute Gasteiger partial charge is 0.149 e. The lowest BCUT2D eigenvalue weighted by Gasteiger charge is -2.21. The monoisotopic (exact) mass is 348 g/mol. The maximum absolute atomic E-state index is 6.22. The van der Waals surface area contributed by atoms with Crippen molar-refractivity contribution in [3.63, 3.8) is 0 Å². The highest BCUT2D eigenvalue weighted by atomic mass is 35.5. The Labute approximate surface area is 151 Å². The quantitative estimate of drug-likeness (QED) is 0.561. The Morgan fingerprint density at radius 3 is 2.56 bits per heavy atom. The van der Waals surface area contributed by atoms with E-state index in [1.54, 1.807) is 0 Å². The lowest BCUT2D eigenvalue weighted by atomic mass is 10.1. The summed E-state index contributed by atoms with van der Waals surface area (Å²) in [5.74, 6) is 0. The number of nitrogens with one attached hydrogen (secondary N) is 1. The lowest BCUT2D eigenvalue weighted by molar-refractivity contribution is 0.571. The summed E-state index contributed by atoms with van der Waals surface area (Å²) in [5.41, 5.74) is 5.07. The normalized spacial score (nSPS) is 12.2. The van der Waals surface area contributed by atoms with Crippen molar-refractivity contribution in [2.75, 3.05) is 5.32 Å². The molecule has 5 heteroatoms. The molecule has 0 fully saturated rings. The van der Waals surface area contributed by atoms with Crippen LogP contribution in [0.5, 0.6) is 0 Å². The molecule has 0 saturated carbocycles. The summed E-state index contributed by atoms with van der Waals surface area (Å²) in [4.78, 5) is 0. The number of hydrogen-bond acceptors (Lipinski definition) is 3. The van der Waals surface area contributed by atoms with Crippen molar-refractivity contribution in [2.24, 2.45) is 0 Å². The van der Waals surface area contributed by atoms with E-state index in [1.807, 2.05) is 53.2 Å². The van der Waals surface area contributed by atoms with E-state index in [0.717, 1.165) is 22.3 Å². The van der Waals surface area contributed by atoms with Crippen molar-refractivity contribution in [3.05, 3.63) is 88.9 Å². The van der Waals surface area contributed by atoms with Gasteiger partial charge >= 0.3 is 0 Å². The predicted molar refractivity (Wildman–Crippen MR) is 102 cm³/mol. The molecule has 0 spiro atoms. The Morgan fingerprint density at radius 2 is 1.76 bits per heavy atom. The summed E-state index contributed by atoms with van der Waals surface area (Å²) in [6.45, 7) is 2.07. The van der Waals surface area contributed by atoms with Crippen LogP contribution >= 0.6 is 11.6 Å². The van der Waals surface area contributed by atoms with Crippen LogP contribution in [0.1, 0.15) is 17.3 Å². The molecule has 0 amide bonds. The largest absolute Gasteiger partial charge is 0.360 e. The molecule has 0 aliphatic carbocycles. The molecule has 1 atom stereocenters. The summed E-state index contributed by atoms with van der Waals surface area (Å²) in [6, 6.07) is 24.0. The van der Waals surface area contributed by atoms with E-state index in [-0.39, 0.29) is 6.17 Å². The third-order valence-corrected chi connectivity index (χ3v) is 4.38. The molecule has 25 heavy (non-hydrogen) atoms. The first-order valence-electron chi connectivity index (χ1n) is 8.09. The summed E-state index contributed by atoms with van der Waals surface area (Å²) in [5, 5.41) is 12.9. The number of nitrogens with zero attached hydrogens (tertiary/aromatic N) is 3. The van der Waals surface area contributed by atoms with E-state index < -0.39 is 0 Å². The van der Waals surface area contributed by atoms with Crippen molar-refractivity contribution in [3.8, 4) is 0 Å². The minimum Gasteiger partial charge on any atom is -0.360 e. The van der Waals surface area contributed by atoms with Gasteiger partial charge in [-0.2, -0.15) is 0 Å². The number of para-hydroxylation sites is 1. The second kappa shape index (κ2) is 6.57. The number of aryl methyl sites for hydroxylation is 1. The van der Waals surface area contributed by atoms with Gasteiger partial charge in [0, 0.05) is 10.7 Å². The third-order valence-electron chi connectivity index (χ3n) is 4.14. The van der Waals surface area contributed by atoms with E-state index in [4.69, 9.17) is 11.6 Å². The minimum absolute atomic E-state index is 0.214. The number of benzene rings is 3. The highest BCUT2D eigenvalue weighted by Crippen LogP contribution is 2.26. The van der Waals surface area contributed by atoms with Crippen LogP contribution in [0.4, 0.5) is 5.69 Å². The van der Waals surface area contributed by atoms with Crippen LogP contribution in [-0.2, 0) is 0 Å². The maximum Gasteiger partial charge on any atom is 0.149 e. The molecule has 124 valence electrons. The van der Waals surface area contributed by atoms with Gasteiger partial charge in [-0.25, -0.2) is 4.68 Å². The summed E-state index contributed by atoms with van der Waals surface area (Å²) >= 11 is 6.22. The van der Waals surface area contributed by atoms with Crippen molar-refractivity contribution in [1.82, 2.24) is 15.0 Å². The molecule has 0 bridgehead atoms. The lowest BCUT2D eigenvalue weighted by Crippen LogP contribution is -2.21. The van der Waals surface area contributed by atoms with Gasteiger partial charge < -0.3 is 5.32 Å². The van der Waals surface area contributed by atoms with Crippen LogP contribution in [0.25, 0.3) is 11.0 Å². The Bertz CT molecular complexity index is 1010. The van der Waals surface area contributed by atoms with E-state index in [9.17, 15) is 0 Å². The molecule has 1 unspecified atom stereocenters. The van der Waals surface area contributed by atoms with Gasteiger partial charge in [0.2, 0.25) is 0 Å².